The summed E-state index contributed by atoms with van der Waals surface area (Å²) < 4.78 is 0. The maximum absolute atomic E-state index is 11.6. The van der Waals surface area contributed by atoms with E-state index in [0.717, 1.165) is 12.1 Å². The van der Waals surface area contributed by atoms with Crippen molar-refractivity contribution in [3.05, 3.63) is 17.7 Å². The van der Waals surface area contributed by atoms with Gasteiger partial charge < -0.3 is 15.3 Å². The molecule has 0 amide bonds. The first kappa shape index (κ1) is 11.4. The lowest BCUT2D eigenvalue weighted by Gasteiger charge is -2.08. The van der Waals surface area contributed by atoms with E-state index in [1.807, 2.05) is 13.8 Å². The van der Waals surface area contributed by atoms with Crippen LogP contribution in [0.15, 0.2) is 12.1 Å². The van der Waals surface area contributed by atoms with Crippen LogP contribution >= 0.6 is 0 Å². The van der Waals surface area contributed by atoms with E-state index < -0.39 is 11.5 Å². The third-order valence-electron chi connectivity index (χ3n) is 1.95. The number of carbonyl (C=O) groups excluding carboxylic acids is 1. The molecular formula is C11H14O4. The highest BCUT2D eigenvalue weighted by Gasteiger charge is 2.18. The molecule has 0 radical (unpaired) electrons. The SMILES string of the molecule is CC(C)CC(=O)c1c(O)cc(O)cc1O. The summed E-state index contributed by atoms with van der Waals surface area (Å²) in [6.45, 7) is 3.73. The number of Topliss-reactive ketones (excluding diaryl/α,β-unsaturated/α-hetero) is 1. The minimum atomic E-state index is -0.391. The molecule has 3 N–H and O–H groups in total. The van der Waals surface area contributed by atoms with Crippen molar-refractivity contribution in [2.45, 2.75) is 20.3 Å². The van der Waals surface area contributed by atoms with Crippen molar-refractivity contribution < 1.29 is 20.1 Å². The van der Waals surface area contributed by atoms with Crippen LogP contribution in [0.2, 0.25) is 0 Å². The number of carbonyl (C=O) groups is 1. The molecule has 0 atom stereocenters. The number of aromatic hydroxyl groups is 3. The topological polar surface area (TPSA) is 77.8 Å². The quantitative estimate of drug-likeness (QED) is 0.667. The van der Waals surface area contributed by atoms with Gasteiger partial charge in [-0.3, -0.25) is 4.79 Å². The number of phenolic OH excluding ortho intramolecular Hbond substituents is 3. The van der Waals surface area contributed by atoms with E-state index >= 15 is 0 Å². The summed E-state index contributed by atoms with van der Waals surface area (Å²) in [5.74, 6) is -1.24. The van der Waals surface area contributed by atoms with Gasteiger partial charge in [-0.25, -0.2) is 0 Å². The summed E-state index contributed by atoms with van der Waals surface area (Å²) in [4.78, 5) is 11.6. The zero-order valence-corrected chi connectivity index (χ0v) is 8.69. The van der Waals surface area contributed by atoms with Gasteiger partial charge in [-0.2, -0.15) is 0 Å². The van der Waals surface area contributed by atoms with E-state index in [1.54, 1.807) is 0 Å². The van der Waals surface area contributed by atoms with Crippen molar-refractivity contribution >= 4 is 5.78 Å². The molecule has 0 spiro atoms. The van der Waals surface area contributed by atoms with Crippen molar-refractivity contribution in [2.75, 3.05) is 0 Å². The van der Waals surface area contributed by atoms with Crippen LogP contribution in [0.4, 0.5) is 0 Å². The van der Waals surface area contributed by atoms with E-state index in [-0.39, 0.29) is 29.4 Å². The molecule has 82 valence electrons. The molecule has 0 aliphatic heterocycles. The first-order chi connectivity index (χ1) is 6.91. The van der Waals surface area contributed by atoms with Crippen LogP contribution in [0.5, 0.6) is 17.2 Å². The lowest BCUT2D eigenvalue weighted by molar-refractivity contribution is 0.0962. The van der Waals surface area contributed by atoms with Gasteiger partial charge in [0.1, 0.15) is 22.8 Å². The standard InChI is InChI=1S/C11H14O4/c1-6(2)3-8(13)11-9(14)4-7(12)5-10(11)15/h4-6,12,14-15H,3H2,1-2H3. The van der Waals surface area contributed by atoms with Crippen molar-refractivity contribution in [1.82, 2.24) is 0 Å². The van der Waals surface area contributed by atoms with E-state index in [9.17, 15) is 15.0 Å². The molecular weight excluding hydrogens is 196 g/mol. The second kappa shape index (κ2) is 4.21. The fourth-order valence-electron chi connectivity index (χ4n) is 1.36. The molecule has 4 nitrogen and oxygen atoms in total. The molecule has 1 aromatic rings. The van der Waals surface area contributed by atoms with Gasteiger partial charge in [0.25, 0.3) is 0 Å². The number of phenols is 3. The zero-order chi connectivity index (χ0) is 11.6. The third-order valence-corrected chi connectivity index (χ3v) is 1.95. The van der Waals surface area contributed by atoms with Gasteiger partial charge in [0, 0.05) is 18.6 Å². The molecule has 4 heteroatoms. The van der Waals surface area contributed by atoms with Crippen molar-refractivity contribution in [3.8, 4) is 17.2 Å². The highest BCUT2D eigenvalue weighted by molar-refractivity contribution is 6.01. The molecule has 0 saturated carbocycles. The Balaban J connectivity index is 3.09. The average Bonchev–Trinajstić information content (AvgIpc) is 1.99. The Morgan fingerprint density at radius 2 is 1.67 bits per heavy atom. The monoisotopic (exact) mass is 210 g/mol. The zero-order valence-electron chi connectivity index (χ0n) is 8.69. The Hall–Kier alpha value is -1.71. The maximum atomic E-state index is 11.6. The molecule has 15 heavy (non-hydrogen) atoms. The number of hydrogen-bond donors (Lipinski definition) is 3. The second-order valence-electron chi connectivity index (χ2n) is 3.88. The van der Waals surface area contributed by atoms with Gasteiger partial charge in [0.2, 0.25) is 0 Å². The van der Waals surface area contributed by atoms with E-state index in [2.05, 4.69) is 0 Å². The number of benzene rings is 1. The van der Waals surface area contributed by atoms with Crippen LogP contribution in [0.25, 0.3) is 0 Å². The van der Waals surface area contributed by atoms with Gasteiger partial charge >= 0.3 is 0 Å². The smallest absolute Gasteiger partial charge is 0.170 e. The lowest BCUT2D eigenvalue weighted by atomic mass is 9.99. The fourth-order valence-corrected chi connectivity index (χ4v) is 1.36. The Bertz CT molecular complexity index is 359. The van der Waals surface area contributed by atoms with Gasteiger partial charge in [-0.15, -0.1) is 0 Å². The fraction of sp³-hybridized carbons (Fsp3) is 0.364. The Morgan fingerprint density at radius 1 is 1.20 bits per heavy atom. The summed E-state index contributed by atoms with van der Waals surface area (Å²) >= 11 is 0. The molecule has 1 rings (SSSR count). The molecule has 0 fully saturated rings. The van der Waals surface area contributed by atoms with Crippen LogP contribution in [0, 0.1) is 5.92 Å². The maximum Gasteiger partial charge on any atom is 0.170 e. The third kappa shape index (κ3) is 2.62. The summed E-state index contributed by atoms with van der Waals surface area (Å²) in [7, 11) is 0. The minimum absolute atomic E-state index is 0.124. The molecule has 0 heterocycles. The molecule has 0 aliphatic carbocycles. The van der Waals surface area contributed by atoms with Gasteiger partial charge in [0.15, 0.2) is 5.78 Å². The number of ketones is 1. The molecule has 0 unspecified atom stereocenters. The minimum Gasteiger partial charge on any atom is -0.508 e. The largest absolute Gasteiger partial charge is 0.508 e. The Labute approximate surface area is 87.8 Å². The van der Waals surface area contributed by atoms with Crippen LogP contribution in [0.1, 0.15) is 30.6 Å². The van der Waals surface area contributed by atoms with Crippen LogP contribution in [0.3, 0.4) is 0 Å². The second-order valence-corrected chi connectivity index (χ2v) is 3.88. The van der Waals surface area contributed by atoms with Gasteiger partial charge in [-0.05, 0) is 5.92 Å². The molecule has 0 bridgehead atoms. The molecule has 1 aromatic carbocycles. The average molecular weight is 210 g/mol. The van der Waals surface area contributed by atoms with Crippen LogP contribution in [-0.4, -0.2) is 21.1 Å². The van der Waals surface area contributed by atoms with E-state index in [0.29, 0.717) is 0 Å². The predicted octanol–water partition coefficient (Wildman–Crippen LogP) is 2.03. The summed E-state index contributed by atoms with van der Waals surface area (Å²) in [6, 6.07) is 2.07. The van der Waals surface area contributed by atoms with Crippen LogP contribution in [-0.2, 0) is 0 Å². The van der Waals surface area contributed by atoms with Crippen molar-refractivity contribution in [1.29, 1.82) is 0 Å². The van der Waals surface area contributed by atoms with Gasteiger partial charge in [-0.1, -0.05) is 13.8 Å². The first-order valence-electron chi connectivity index (χ1n) is 4.70. The summed E-state index contributed by atoms with van der Waals surface area (Å²) in [5, 5.41) is 27.9. The lowest BCUT2D eigenvalue weighted by Crippen LogP contribution is -2.04. The number of hydrogen-bond acceptors (Lipinski definition) is 4. The van der Waals surface area contributed by atoms with Crippen molar-refractivity contribution in [2.24, 2.45) is 5.92 Å². The first-order valence-corrected chi connectivity index (χ1v) is 4.70. The molecule has 0 aromatic heterocycles. The Morgan fingerprint density at radius 3 is 2.07 bits per heavy atom. The Kier molecular flexibility index (Phi) is 3.19. The van der Waals surface area contributed by atoms with Crippen molar-refractivity contribution in [3.63, 3.8) is 0 Å². The highest BCUT2D eigenvalue weighted by atomic mass is 16.3. The highest BCUT2D eigenvalue weighted by Crippen LogP contribution is 2.33. The summed E-state index contributed by atoms with van der Waals surface area (Å²) in [6.07, 6.45) is 0.242. The summed E-state index contributed by atoms with van der Waals surface area (Å²) in [5.41, 5.74) is -0.124. The van der Waals surface area contributed by atoms with E-state index in [4.69, 9.17) is 5.11 Å². The van der Waals surface area contributed by atoms with Crippen LogP contribution < -0.4 is 0 Å². The molecule has 0 saturated heterocycles. The number of rotatable bonds is 3. The van der Waals surface area contributed by atoms with Gasteiger partial charge in [0.05, 0.1) is 0 Å². The normalized spacial score (nSPS) is 10.6. The van der Waals surface area contributed by atoms with E-state index in [1.165, 1.54) is 0 Å². The molecule has 0 aliphatic rings. The predicted molar refractivity (Wildman–Crippen MR) is 55.2 cm³/mol.